The number of rotatable bonds is 2. The molecule has 3 aromatic rings. The van der Waals surface area contributed by atoms with E-state index in [-0.39, 0.29) is 5.75 Å². The van der Waals surface area contributed by atoms with Gasteiger partial charge in [-0.3, -0.25) is 4.68 Å². The fourth-order valence-electron chi connectivity index (χ4n) is 1.67. The van der Waals surface area contributed by atoms with E-state index in [0.717, 1.165) is 5.69 Å². The Bertz CT molecular complexity index is 687. The van der Waals surface area contributed by atoms with Crippen molar-refractivity contribution in [1.82, 2.24) is 19.9 Å². The molecule has 3 rings (SSSR count). The second-order valence-corrected chi connectivity index (χ2v) is 3.81. The van der Waals surface area contributed by atoms with E-state index >= 15 is 0 Å². The standard InChI is InChI=1S/C12H10N4O2/c1-16-10(5-6-13-16)12-14-11(15-18-12)8-3-2-4-9(17)7-8/h2-7,17H,1H3. The van der Waals surface area contributed by atoms with Crippen LogP contribution in [0, 0.1) is 0 Å². The predicted molar refractivity (Wildman–Crippen MR) is 63.6 cm³/mol. The molecule has 2 heterocycles. The molecule has 0 aliphatic heterocycles. The molecule has 0 spiro atoms. The van der Waals surface area contributed by atoms with Gasteiger partial charge >= 0.3 is 0 Å². The first kappa shape index (κ1) is 10.5. The van der Waals surface area contributed by atoms with Gasteiger partial charge in [-0.25, -0.2) is 0 Å². The van der Waals surface area contributed by atoms with Crippen LogP contribution >= 0.6 is 0 Å². The summed E-state index contributed by atoms with van der Waals surface area (Å²) in [7, 11) is 1.80. The molecular formula is C12H10N4O2. The number of phenolic OH excluding ortho intramolecular Hbond substituents is 1. The van der Waals surface area contributed by atoms with E-state index < -0.39 is 0 Å². The van der Waals surface area contributed by atoms with Crippen LogP contribution in [0.5, 0.6) is 5.75 Å². The normalized spacial score (nSPS) is 10.7. The van der Waals surface area contributed by atoms with Crippen molar-refractivity contribution in [3.8, 4) is 28.7 Å². The second-order valence-electron chi connectivity index (χ2n) is 3.81. The number of hydrogen-bond acceptors (Lipinski definition) is 5. The van der Waals surface area contributed by atoms with Gasteiger partial charge in [-0.2, -0.15) is 10.1 Å². The fourth-order valence-corrected chi connectivity index (χ4v) is 1.67. The number of benzene rings is 1. The largest absolute Gasteiger partial charge is 0.508 e. The summed E-state index contributed by atoms with van der Waals surface area (Å²) in [5.41, 5.74) is 1.45. The smallest absolute Gasteiger partial charge is 0.276 e. The van der Waals surface area contributed by atoms with Gasteiger partial charge in [0.05, 0.1) is 0 Å². The van der Waals surface area contributed by atoms with Crippen molar-refractivity contribution >= 4 is 0 Å². The van der Waals surface area contributed by atoms with Crippen molar-refractivity contribution in [1.29, 1.82) is 0 Å². The summed E-state index contributed by atoms with van der Waals surface area (Å²) < 4.78 is 6.83. The Morgan fingerprint density at radius 2 is 2.17 bits per heavy atom. The minimum atomic E-state index is 0.166. The second kappa shape index (κ2) is 3.99. The average Bonchev–Trinajstić information content (AvgIpc) is 2.97. The highest BCUT2D eigenvalue weighted by molar-refractivity contribution is 5.59. The third-order valence-electron chi connectivity index (χ3n) is 2.57. The third kappa shape index (κ3) is 1.73. The SMILES string of the molecule is Cn1nccc1-c1nc(-c2cccc(O)c2)no1. The van der Waals surface area contributed by atoms with E-state index in [2.05, 4.69) is 15.2 Å². The topological polar surface area (TPSA) is 77.0 Å². The molecule has 0 radical (unpaired) electrons. The third-order valence-corrected chi connectivity index (χ3v) is 2.57. The van der Waals surface area contributed by atoms with Crippen LogP contribution in [0.1, 0.15) is 0 Å². The van der Waals surface area contributed by atoms with Gasteiger partial charge in [-0.05, 0) is 18.2 Å². The number of aryl methyl sites for hydroxylation is 1. The van der Waals surface area contributed by atoms with Gasteiger partial charge in [-0.15, -0.1) is 0 Å². The van der Waals surface area contributed by atoms with Gasteiger partial charge < -0.3 is 9.63 Å². The van der Waals surface area contributed by atoms with E-state index in [0.29, 0.717) is 17.3 Å². The van der Waals surface area contributed by atoms with Crippen molar-refractivity contribution in [3.63, 3.8) is 0 Å². The van der Waals surface area contributed by atoms with Crippen LogP contribution in [-0.2, 0) is 7.05 Å². The molecule has 2 aromatic heterocycles. The zero-order valence-electron chi connectivity index (χ0n) is 9.61. The molecule has 0 unspecified atom stereocenters. The summed E-state index contributed by atoms with van der Waals surface area (Å²) in [6.07, 6.45) is 1.66. The van der Waals surface area contributed by atoms with Crippen molar-refractivity contribution in [2.45, 2.75) is 0 Å². The van der Waals surface area contributed by atoms with Gasteiger partial charge in [0, 0.05) is 18.8 Å². The van der Waals surface area contributed by atoms with Crippen molar-refractivity contribution in [2.24, 2.45) is 7.05 Å². The molecule has 6 heteroatoms. The molecule has 0 amide bonds. The molecule has 1 aromatic carbocycles. The van der Waals surface area contributed by atoms with Gasteiger partial charge in [0.15, 0.2) is 0 Å². The molecule has 90 valence electrons. The molecule has 0 bridgehead atoms. The molecule has 0 saturated carbocycles. The first-order valence-corrected chi connectivity index (χ1v) is 5.35. The lowest BCUT2D eigenvalue weighted by atomic mass is 10.2. The zero-order chi connectivity index (χ0) is 12.5. The highest BCUT2D eigenvalue weighted by Gasteiger charge is 2.13. The first-order chi connectivity index (χ1) is 8.74. The molecular weight excluding hydrogens is 232 g/mol. The molecule has 6 nitrogen and oxygen atoms in total. The maximum atomic E-state index is 9.41. The number of nitrogens with zero attached hydrogens (tertiary/aromatic N) is 4. The number of phenols is 1. The molecule has 18 heavy (non-hydrogen) atoms. The van der Waals surface area contributed by atoms with Gasteiger partial charge in [-0.1, -0.05) is 17.3 Å². The lowest BCUT2D eigenvalue weighted by molar-refractivity contribution is 0.428. The van der Waals surface area contributed by atoms with Crippen LogP contribution in [0.25, 0.3) is 23.0 Å². The van der Waals surface area contributed by atoms with E-state index in [9.17, 15) is 5.11 Å². The van der Waals surface area contributed by atoms with Crippen molar-refractivity contribution in [3.05, 3.63) is 36.5 Å². The van der Waals surface area contributed by atoms with E-state index in [1.807, 2.05) is 0 Å². The summed E-state index contributed by atoms with van der Waals surface area (Å²) in [6.45, 7) is 0. The minimum absolute atomic E-state index is 0.166. The molecule has 0 fully saturated rings. The van der Waals surface area contributed by atoms with E-state index in [1.165, 1.54) is 0 Å². The summed E-state index contributed by atoms with van der Waals surface area (Å²) in [5, 5.41) is 17.3. The molecule has 0 saturated heterocycles. The van der Waals surface area contributed by atoms with Crippen LogP contribution in [0.3, 0.4) is 0 Å². The monoisotopic (exact) mass is 242 g/mol. The summed E-state index contributed by atoms with van der Waals surface area (Å²) in [5.74, 6) is 0.995. The quantitative estimate of drug-likeness (QED) is 0.742. The molecule has 0 aliphatic carbocycles. The molecule has 0 atom stereocenters. The fraction of sp³-hybridized carbons (Fsp3) is 0.0833. The van der Waals surface area contributed by atoms with Crippen molar-refractivity contribution in [2.75, 3.05) is 0 Å². The lowest BCUT2D eigenvalue weighted by Crippen LogP contribution is -1.93. The highest BCUT2D eigenvalue weighted by Crippen LogP contribution is 2.23. The number of aromatic hydroxyl groups is 1. The average molecular weight is 242 g/mol. The van der Waals surface area contributed by atoms with Gasteiger partial charge in [0.1, 0.15) is 11.4 Å². The Hall–Kier alpha value is -2.63. The summed E-state index contributed by atoms with van der Waals surface area (Å²) in [6, 6.07) is 8.49. The van der Waals surface area contributed by atoms with Crippen molar-refractivity contribution < 1.29 is 9.63 Å². The maximum Gasteiger partial charge on any atom is 0.276 e. The van der Waals surface area contributed by atoms with Gasteiger partial charge in [0.25, 0.3) is 5.89 Å². The summed E-state index contributed by atoms with van der Waals surface area (Å²) in [4.78, 5) is 4.28. The Kier molecular flexibility index (Phi) is 2.33. The number of hydrogen-bond donors (Lipinski definition) is 1. The Morgan fingerprint density at radius 1 is 1.28 bits per heavy atom. The first-order valence-electron chi connectivity index (χ1n) is 5.35. The highest BCUT2D eigenvalue weighted by atomic mass is 16.5. The Balaban J connectivity index is 2.02. The van der Waals surface area contributed by atoms with Crippen LogP contribution in [0.15, 0.2) is 41.1 Å². The Morgan fingerprint density at radius 3 is 2.89 bits per heavy atom. The predicted octanol–water partition coefficient (Wildman–Crippen LogP) is 1.84. The molecule has 1 N–H and O–H groups in total. The maximum absolute atomic E-state index is 9.41. The van der Waals surface area contributed by atoms with Gasteiger partial charge in [0.2, 0.25) is 5.82 Å². The number of aromatic nitrogens is 4. The molecule has 0 aliphatic rings. The van der Waals surface area contributed by atoms with E-state index in [1.54, 1.807) is 48.3 Å². The Labute approximate surface area is 102 Å². The lowest BCUT2D eigenvalue weighted by Gasteiger charge is -1.95. The van der Waals surface area contributed by atoms with Crippen LogP contribution in [0.4, 0.5) is 0 Å². The van der Waals surface area contributed by atoms with Crippen LogP contribution in [0.2, 0.25) is 0 Å². The minimum Gasteiger partial charge on any atom is -0.508 e. The van der Waals surface area contributed by atoms with E-state index in [4.69, 9.17) is 4.52 Å². The van der Waals surface area contributed by atoms with Crippen LogP contribution < -0.4 is 0 Å². The summed E-state index contributed by atoms with van der Waals surface area (Å²) >= 11 is 0. The van der Waals surface area contributed by atoms with Crippen LogP contribution in [-0.4, -0.2) is 25.0 Å². The zero-order valence-corrected chi connectivity index (χ0v) is 9.61.